The van der Waals surface area contributed by atoms with Gasteiger partial charge in [-0.3, -0.25) is 4.98 Å². The summed E-state index contributed by atoms with van der Waals surface area (Å²) in [4.78, 5) is 28.7. The number of amides is 1. The summed E-state index contributed by atoms with van der Waals surface area (Å²) >= 11 is 0. The van der Waals surface area contributed by atoms with Crippen molar-refractivity contribution in [3.63, 3.8) is 0 Å². The van der Waals surface area contributed by atoms with Gasteiger partial charge >= 0.3 is 6.09 Å². The van der Waals surface area contributed by atoms with Crippen molar-refractivity contribution in [3.05, 3.63) is 65.5 Å². The molecule has 7 nitrogen and oxygen atoms in total. The van der Waals surface area contributed by atoms with E-state index in [4.69, 9.17) is 9.57 Å². The van der Waals surface area contributed by atoms with Crippen molar-refractivity contribution in [2.24, 2.45) is 4.99 Å². The van der Waals surface area contributed by atoms with Crippen LogP contribution in [0.25, 0.3) is 0 Å². The van der Waals surface area contributed by atoms with Crippen LogP contribution < -0.4 is 5.48 Å². The number of hydrogen-bond donors (Lipinski definition) is 1. The number of likely N-dealkylation sites (tertiary alicyclic amines) is 1. The first kappa shape index (κ1) is 20.9. The van der Waals surface area contributed by atoms with E-state index in [2.05, 4.69) is 27.3 Å². The Morgan fingerprint density at radius 2 is 1.81 bits per heavy atom. The molecule has 3 heterocycles. The first-order valence-electron chi connectivity index (χ1n) is 10.4. The van der Waals surface area contributed by atoms with Gasteiger partial charge in [-0.25, -0.2) is 20.1 Å². The van der Waals surface area contributed by atoms with Gasteiger partial charge in [-0.1, -0.05) is 11.8 Å². The molecule has 1 aromatic heterocycles. The van der Waals surface area contributed by atoms with Crippen molar-refractivity contribution in [3.8, 4) is 11.8 Å². The summed E-state index contributed by atoms with van der Waals surface area (Å²) in [6.07, 6.45) is 4.39. The van der Waals surface area contributed by atoms with Gasteiger partial charge in [0, 0.05) is 35.6 Å². The molecule has 0 aliphatic carbocycles. The molecule has 1 amide bonds. The monoisotopic (exact) mass is 418 g/mol. The van der Waals surface area contributed by atoms with Gasteiger partial charge in [-0.05, 0) is 70.0 Å². The largest absolute Gasteiger partial charge is 0.444 e. The fourth-order valence-corrected chi connectivity index (χ4v) is 3.52. The highest BCUT2D eigenvalue weighted by Gasteiger charge is 2.40. The highest BCUT2D eigenvalue weighted by atomic mass is 16.7. The molecule has 2 atom stereocenters. The van der Waals surface area contributed by atoms with Gasteiger partial charge in [0.15, 0.2) is 12.1 Å². The van der Waals surface area contributed by atoms with Crippen LogP contribution in [0.1, 0.15) is 50.3 Å². The maximum absolute atomic E-state index is 12.5. The van der Waals surface area contributed by atoms with Gasteiger partial charge < -0.3 is 9.64 Å². The van der Waals surface area contributed by atoms with Crippen LogP contribution in [0.3, 0.4) is 0 Å². The molecule has 4 rings (SSSR count). The van der Waals surface area contributed by atoms with E-state index in [9.17, 15) is 4.79 Å². The quantitative estimate of drug-likeness (QED) is 0.756. The number of ether oxygens (including phenoxy) is 1. The summed E-state index contributed by atoms with van der Waals surface area (Å²) < 4.78 is 5.54. The first-order chi connectivity index (χ1) is 14.9. The van der Waals surface area contributed by atoms with Gasteiger partial charge in [-0.2, -0.15) is 0 Å². The highest BCUT2D eigenvalue weighted by molar-refractivity contribution is 5.99. The molecule has 1 fully saturated rings. The average Bonchev–Trinajstić information content (AvgIpc) is 3.42. The summed E-state index contributed by atoms with van der Waals surface area (Å²) in [5.41, 5.74) is 5.11. The van der Waals surface area contributed by atoms with E-state index in [-0.39, 0.29) is 12.1 Å². The molecule has 1 N–H and O–H groups in total. The maximum Gasteiger partial charge on any atom is 0.410 e. The number of hydrogen-bond acceptors (Lipinski definition) is 6. The first-order valence-corrected chi connectivity index (χ1v) is 10.4. The summed E-state index contributed by atoms with van der Waals surface area (Å²) in [5, 5.41) is 0. The minimum Gasteiger partial charge on any atom is -0.444 e. The van der Waals surface area contributed by atoms with E-state index in [1.54, 1.807) is 17.3 Å². The number of nitrogens with zero attached hydrogens (tertiary/aromatic N) is 3. The topological polar surface area (TPSA) is 76.0 Å². The lowest BCUT2D eigenvalue weighted by atomic mass is 10.1. The second-order valence-corrected chi connectivity index (χ2v) is 8.53. The van der Waals surface area contributed by atoms with Crippen molar-refractivity contribution < 1.29 is 14.4 Å². The Labute approximate surface area is 182 Å². The zero-order valence-corrected chi connectivity index (χ0v) is 18.0. The molecular weight excluding hydrogens is 392 g/mol. The average molecular weight is 418 g/mol. The Morgan fingerprint density at radius 3 is 2.48 bits per heavy atom. The number of nitrogens with one attached hydrogen (secondary N) is 1. The number of hydroxylamine groups is 1. The molecule has 2 unspecified atom stereocenters. The number of pyridine rings is 1. The lowest BCUT2D eigenvalue weighted by Gasteiger charge is -2.29. The van der Waals surface area contributed by atoms with Crippen LogP contribution >= 0.6 is 0 Å². The van der Waals surface area contributed by atoms with Crippen LogP contribution in [0.2, 0.25) is 0 Å². The summed E-state index contributed by atoms with van der Waals surface area (Å²) in [7, 11) is 0. The molecule has 1 saturated heterocycles. The number of aliphatic imine (C=N–C) groups is 1. The van der Waals surface area contributed by atoms with Crippen molar-refractivity contribution in [2.75, 3.05) is 6.54 Å². The molecule has 7 heteroatoms. The normalized spacial score (nSPS) is 20.5. The van der Waals surface area contributed by atoms with Crippen LogP contribution in [0.15, 0.2) is 53.8 Å². The number of carbonyl (C=O) groups is 1. The standard InChI is InChI=1S/C24H26N4O3/c1-24(2,3)30-23(29)28-16-4-5-20(28)22-26-21(27-31-22)19-10-8-17(9-11-19)6-7-18-12-14-25-15-13-18/h8-15,20,22H,4-5,16H2,1-3H3,(H,26,27). The molecule has 0 saturated carbocycles. The lowest BCUT2D eigenvalue weighted by molar-refractivity contribution is -0.0250. The summed E-state index contributed by atoms with van der Waals surface area (Å²) in [5.74, 6) is 6.91. The lowest BCUT2D eigenvalue weighted by Crippen LogP contribution is -2.45. The van der Waals surface area contributed by atoms with E-state index in [1.807, 2.05) is 57.2 Å². The molecular formula is C24H26N4O3. The molecule has 2 aliphatic heterocycles. The number of amidine groups is 1. The fraction of sp³-hybridized carbons (Fsp3) is 0.375. The summed E-state index contributed by atoms with van der Waals surface area (Å²) in [6, 6.07) is 11.4. The number of rotatable bonds is 2. The third-order valence-corrected chi connectivity index (χ3v) is 4.98. The molecule has 160 valence electrons. The Kier molecular flexibility index (Phi) is 5.92. The maximum atomic E-state index is 12.5. The Morgan fingerprint density at radius 1 is 1.13 bits per heavy atom. The van der Waals surface area contributed by atoms with Crippen LogP contribution in [0.5, 0.6) is 0 Å². The van der Waals surface area contributed by atoms with E-state index in [1.165, 1.54) is 0 Å². The van der Waals surface area contributed by atoms with Crippen LogP contribution in [-0.2, 0) is 9.57 Å². The van der Waals surface area contributed by atoms with Gasteiger partial charge in [0.1, 0.15) is 5.60 Å². The van der Waals surface area contributed by atoms with Gasteiger partial charge in [0.25, 0.3) is 0 Å². The predicted octanol–water partition coefficient (Wildman–Crippen LogP) is 3.49. The minimum atomic E-state index is -0.532. The van der Waals surface area contributed by atoms with E-state index >= 15 is 0 Å². The van der Waals surface area contributed by atoms with Crippen LogP contribution in [0, 0.1) is 11.8 Å². The second kappa shape index (κ2) is 8.78. The number of carbonyl (C=O) groups excluding carboxylic acids is 1. The Hall–Kier alpha value is -3.37. The molecule has 2 aliphatic rings. The van der Waals surface area contributed by atoms with E-state index in [0.29, 0.717) is 12.4 Å². The fourth-order valence-electron chi connectivity index (χ4n) is 3.52. The molecule has 0 spiro atoms. The minimum absolute atomic E-state index is 0.148. The Bertz CT molecular complexity index is 1020. The molecule has 31 heavy (non-hydrogen) atoms. The molecule has 2 aromatic rings. The van der Waals surface area contributed by atoms with Crippen LogP contribution in [0.4, 0.5) is 4.79 Å². The summed E-state index contributed by atoms with van der Waals surface area (Å²) in [6.45, 7) is 6.25. The van der Waals surface area contributed by atoms with E-state index < -0.39 is 11.8 Å². The third kappa shape index (κ3) is 5.22. The SMILES string of the molecule is CC(C)(C)OC(=O)N1CCCC1C1N=C(c2ccc(C#Cc3ccncc3)cc2)NO1. The zero-order valence-electron chi connectivity index (χ0n) is 18.0. The molecule has 0 bridgehead atoms. The van der Waals surface area contributed by atoms with Gasteiger partial charge in [0.05, 0.1) is 6.04 Å². The highest BCUT2D eigenvalue weighted by Crippen LogP contribution is 2.26. The van der Waals surface area contributed by atoms with Gasteiger partial charge in [-0.15, -0.1) is 0 Å². The van der Waals surface area contributed by atoms with Crippen LogP contribution in [-0.4, -0.2) is 46.2 Å². The van der Waals surface area contributed by atoms with Crippen molar-refractivity contribution in [1.29, 1.82) is 0 Å². The van der Waals surface area contributed by atoms with Gasteiger partial charge in [0.2, 0.25) is 0 Å². The number of benzene rings is 1. The van der Waals surface area contributed by atoms with Crippen molar-refractivity contribution >= 4 is 11.9 Å². The third-order valence-electron chi connectivity index (χ3n) is 4.98. The second-order valence-electron chi connectivity index (χ2n) is 8.53. The zero-order chi connectivity index (χ0) is 21.8. The Balaban J connectivity index is 1.43. The van der Waals surface area contributed by atoms with Crippen molar-refractivity contribution in [1.82, 2.24) is 15.4 Å². The smallest absolute Gasteiger partial charge is 0.410 e. The molecule has 0 radical (unpaired) electrons. The predicted molar refractivity (Wildman–Crippen MR) is 117 cm³/mol. The number of aromatic nitrogens is 1. The van der Waals surface area contributed by atoms with E-state index in [0.717, 1.165) is 29.5 Å². The van der Waals surface area contributed by atoms with Crippen molar-refractivity contribution in [2.45, 2.75) is 51.5 Å². The molecule has 1 aromatic carbocycles.